The maximum absolute atomic E-state index is 13.0. The Bertz CT molecular complexity index is 1290. The van der Waals surface area contributed by atoms with E-state index in [-0.39, 0.29) is 35.6 Å². The molecule has 2 fully saturated rings. The molecule has 32 heavy (non-hydrogen) atoms. The van der Waals surface area contributed by atoms with Crippen molar-refractivity contribution < 1.29 is 9.90 Å². The fourth-order valence-electron chi connectivity index (χ4n) is 5.08. The molecule has 8 nitrogen and oxygen atoms in total. The van der Waals surface area contributed by atoms with Crippen molar-refractivity contribution in [2.45, 2.75) is 38.1 Å². The summed E-state index contributed by atoms with van der Waals surface area (Å²) in [6.45, 7) is -0.233. The molecule has 3 aromatic heterocycles. The van der Waals surface area contributed by atoms with Gasteiger partial charge in [-0.25, -0.2) is 9.78 Å². The summed E-state index contributed by atoms with van der Waals surface area (Å²) in [6, 6.07) is 7.30. The van der Waals surface area contributed by atoms with E-state index in [1.807, 2.05) is 10.6 Å². The Morgan fingerprint density at radius 2 is 2.00 bits per heavy atom. The number of fused-ring (bicyclic) bond motifs is 1. The van der Waals surface area contributed by atoms with Crippen LogP contribution in [-0.2, 0) is 11.8 Å². The molecule has 0 aliphatic heterocycles. The SMILES string of the molecule is Cn1c(=O)n(C2CC23CCC(C(=O)Nc2ccncc2)CC3)c2nc(C#CCO)ccc21. The van der Waals surface area contributed by atoms with Gasteiger partial charge in [-0.15, -0.1) is 0 Å². The molecule has 2 aliphatic carbocycles. The number of aliphatic hydroxyl groups is 1. The Kier molecular flexibility index (Phi) is 5.06. The quantitative estimate of drug-likeness (QED) is 0.619. The predicted molar refractivity (Wildman–Crippen MR) is 120 cm³/mol. The fraction of sp³-hybridized carbons (Fsp3) is 0.417. The monoisotopic (exact) mass is 431 g/mol. The van der Waals surface area contributed by atoms with Crippen molar-refractivity contribution in [2.24, 2.45) is 18.4 Å². The number of amides is 1. The molecule has 2 aliphatic rings. The molecule has 1 atom stereocenters. The van der Waals surface area contributed by atoms with Gasteiger partial charge in [0.25, 0.3) is 0 Å². The molecule has 3 aromatic rings. The van der Waals surface area contributed by atoms with Crippen LogP contribution >= 0.6 is 0 Å². The van der Waals surface area contributed by atoms with Gasteiger partial charge >= 0.3 is 5.69 Å². The summed E-state index contributed by atoms with van der Waals surface area (Å²) in [7, 11) is 1.76. The van der Waals surface area contributed by atoms with E-state index in [9.17, 15) is 9.59 Å². The molecule has 8 heteroatoms. The highest BCUT2D eigenvalue weighted by Gasteiger charge is 2.57. The van der Waals surface area contributed by atoms with E-state index in [1.54, 1.807) is 42.2 Å². The smallest absolute Gasteiger partial charge is 0.330 e. The molecule has 0 bridgehead atoms. The molecule has 2 N–H and O–H groups in total. The lowest BCUT2D eigenvalue weighted by Gasteiger charge is -2.28. The van der Waals surface area contributed by atoms with Gasteiger partial charge < -0.3 is 10.4 Å². The normalized spacial score (nSPS) is 24.2. The highest BCUT2D eigenvalue weighted by atomic mass is 16.2. The van der Waals surface area contributed by atoms with E-state index in [1.165, 1.54) is 0 Å². The number of aromatic nitrogens is 4. The number of nitrogens with one attached hydrogen (secondary N) is 1. The van der Waals surface area contributed by atoms with E-state index in [4.69, 9.17) is 5.11 Å². The number of hydrogen-bond acceptors (Lipinski definition) is 5. The molecule has 3 heterocycles. The van der Waals surface area contributed by atoms with Crippen LogP contribution in [0.5, 0.6) is 0 Å². The van der Waals surface area contributed by atoms with Crippen LogP contribution in [0.1, 0.15) is 43.8 Å². The van der Waals surface area contributed by atoms with Crippen molar-refractivity contribution >= 4 is 22.8 Å². The van der Waals surface area contributed by atoms with Gasteiger partial charge in [-0.3, -0.25) is 18.9 Å². The number of rotatable bonds is 3. The summed E-state index contributed by atoms with van der Waals surface area (Å²) in [6.07, 6.45) is 7.71. The van der Waals surface area contributed by atoms with Gasteiger partial charge in [0, 0.05) is 37.1 Å². The lowest BCUT2D eigenvalue weighted by molar-refractivity contribution is -0.121. The van der Waals surface area contributed by atoms with Crippen LogP contribution in [0.15, 0.2) is 41.5 Å². The zero-order valence-electron chi connectivity index (χ0n) is 17.9. The van der Waals surface area contributed by atoms with Gasteiger partial charge in [-0.05, 0) is 67.7 Å². The summed E-state index contributed by atoms with van der Waals surface area (Å²) in [5.41, 5.74) is 2.71. The van der Waals surface area contributed by atoms with E-state index in [0.717, 1.165) is 43.3 Å². The highest BCUT2D eigenvalue weighted by molar-refractivity contribution is 5.92. The van der Waals surface area contributed by atoms with Gasteiger partial charge in [0.05, 0.1) is 5.52 Å². The number of pyridine rings is 2. The summed E-state index contributed by atoms with van der Waals surface area (Å²) in [5, 5.41) is 11.9. The van der Waals surface area contributed by atoms with Gasteiger partial charge in [0.2, 0.25) is 5.91 Å². The van der Waals surface area contributed by atoms with Crippen LogP contribution in [0.25, 0.3) is 11.2 Å². The standard InChI is InChI=1S/C24H25N5O3/c1-28-19-5-4-17(3-2-14-30)26-21(19)29(23(28)32)20-15-24(20)10-6-16(7-11-24)22(31)27-18-8-12-25-13-9-18/h4-5,8-9,12-13,16,20,30H,6-7,10-11,14-15H2,1H3,(H,25,27,31). The third kappa shape index (κ3) is 3.49. The summed E-state index contributed by atoms with van der Waals surface area (Å²) < 4.78 is 3.45. The topological polar surface area (TPSA) is 102 Å². The fourth-order valence-corrected chi connectivity index (χ4v) is 5.08. The van der Waals surface area contributed by atoms with Crippen LogP contribution in [-0.4, -0.2) is 36.7 Å². The number of aryl methyl sites for hydroxylation is 1. The second-order valence-corrected chi connectivity index (χ2v) is 8.79. The van der Waals surface area contributed by atoms with E-state index in [0.29, 0.717) is 11.3 Å². The van der Waals surface area contributed by atoms with Gasteiger partial charge in [0.1, 0.15) is 12.3 Å². The minimum absolute atomic E-state index is 0.0160. The molecule has 164 valence electrons. The molecule has 0 aromatic carbocycles. The Labute approximate surface area is 185 Å². The summed E-state index contributed by atoms with van der Waals surface area (Å²) in [4.78, 5) is 34.3. The zero-order valence-corrected chi connectivity index (χ0v) is 17.9. The first-order valence-corrected chi connectivity index (χ1v) is 10.9. The number of carbonyl (C=O) groups excluding carboxylic acids is 1. The van der Waals surface area contributed by atoms with E-state index < -0.39 is 0 Å². The van der Waals surface area contributed by atoms with Gasteiger partial charge in [0.15, 0.2) is 5.65 Å². The average Bonchev–Trinajstić information content (AvgIpc) is 3.43. The highest BCUT2D eigenvalue weighted by Crippen LogP contribution is 2.65. The summed E-state index contributed by atoms with van der Waals surface area (Å²) in [5.74, 6) is 5.48. The van der Waals surface area contributed by atoms with Crippen LogP contribution in [0.4, 0.5) is 5.69 Å². The first-order chi connectivity index (χ1) is 15.5. The van der Waals surface area contributed by atoms with E-state index in [2.05, 4.69) is 27.1 Å². The molecule has 2 saturated carbocycles. The minimum atomic E-state index is -0.233. The second-order valence-electron chi connectivity index (χ2n) is 8.79. The van der Waals surface area contributed by atoms with Crippen molar-refractivity contribution in [3.05, 3.63) is 52.8 Å². The van der Waals surface area contributed by atoms with Crippen molar-refractivity contribution in [2.75, 3.05) is 11.9 Å². The lowest BCUT2D eigenvalue weighted by atomic mass is 9.79. The van der Waals surface area contributed by atoms with Crippen molar-refractivity contribution in [1.82, 2.24) is 19.1 Å². The Balaban J connectivity index is 1.34. The van der Waals surface area contributed by atoms with Crippen molar-refractivity contribution in [1.29, 1.82) is 0 Å². The van der Waals surface area contributed by atoms with E-state index >= 15 is 0 Å². The molecule has 5 rings (SSSR count). The van der Waals surface area contributed by atoms with Crippen LogP contribution in [0.2, 0.25) is 0 Å². The molecule has 1 spiro atoms. The van der Waals surface area contributed by atoms with Crippen LogP contribution in [0.3, 0.4) is 0 Å². The van der Waals surface area contributed by atoms with Gasteiger partial charge in [-0.2, -0.15) is 0 Å². The second kappa shape index (κ2) is 7.92. The number of aliphatic hydroxyl groups excluding tert-OH is 1. The third-order valence-electron chi connectivity index (χ3n) is 6.99. The van der Waals surface area contributed by atoms with Crippen molar-refractivity contribution in [3.63, 3.8) is 0 Å². The molecule has 0 saturated heterocycles. The number of hydrogen-bond donors (Lipinski definition) is 2. The number of anilines is 1. The third-order valence-corrected chi connectivity index (χ3v) is 6.99. The number of nitrogens with zero attached hydrogens (tertiary/aromatic N) is 4. The molecule has 1 amide bonds. The number of carbonyl (C=O) groups is 1. The minimum Gasteiger partial charge on any atom is -0.384 e. The zero-order chi connectivity index (χ0) is 22.3. The Morgan fingerprint density at radius 1 is 1.25 bits per heavy atom. The lowest BCUT2D eigenvalue weighted by Crippen LogP contribution is -2.30. The molecule has 1 unspecified atom stereocenters. The first-order valence-electron chi connectivity index (χ1n) is 10.9. The largest absolute Gasteiger partial charge is 0.384 e. The molecular weight excluding hydrogens is 406 g/mol. The predicted octanol–water partition coefficient (Wildman–Crippen LogP) is 2.23. The maximum Gasteiger partial charge on any atom is 0.330 e. The first kappa shape index (κ1) is 20.5. The van der Waals surface area contributed by atoms with Gasteiger partial charge in [-0.1, -0.05) is 5.92 Å². The van der Waals surface area contributed by atoms with Crippen LogP contribution < -0.4 is 11.0 Å². The number of imidazole rings is 1. The summed E-state index contributed by atoms with van der Waals surface area (Å²) >= 11 is 0. The Hall–Kier alpha value is -3.44. The average molecular weight is 431 g/mol. The van der Waals surface area contributed by atoms with Crippen molar-refractivity contribution in [3.8, 4) is 11.8 Å². The molecule has 0 radical (unpaired) electrons. The molecular formula is C24H25N5O3. The van der Waals surface area contributed by atoms with Crippen LogP contribution in [0, 0.1) is 23.2 Å². The Morgan fingerprint density at radius 3 is 2.72 bits per heavy atom. The maximum atomic E-state index is 13.0.